The number of piperidine rings is 1. The minimum Gasteiger partial charge on any atom is -0.341 e. The third kappa shape index (κ3) is 3.73. The molecule has 1 saturated heterocycles. The second-order valence-electron chi connectivity index (χ2n) is 5.29. The van der Waals surface area contributed by atoms with Crippen LogP contribution in [0.5, 0.6) is 0 Å². The fourth-order valence-corrected chi connectivity index (χ4v) is 2.35. The number of likely N-dealkylation sites (N-methyl/N-ethyl adjacent to an activating group) is 1. The van der Waals surface area contributed by atoms with Gasteiger partial charge >= 0.3 is 0 Å². The van der Waals surface area contributed by atoms with Crippen LogP contribution in [0.3, 0.4) is 0 Å². The van der Waals surface area contributed by atoms with Gasteiger partial charge in [-0.3, -0.25) is 4.79 Å². The molecule has 0 aliphatic carbocycles. The van der Waals surface area contributed by atoms with Crippen molar-refractivity contribution in [2.45, 2.75) is 18.8 Å². The zero-order valence-corrected chi connectivity index (χ0v) is 11.5. The van der Waals surface area contributed by atoms with Crippen molar-refractivity contribution in [1.82, 2.24) is 14.8 Å². The number of hydrogen-bond donors (Lipinski definition) is 0. The normalized spacial score (nSPS) is 20.1. The number of carbonyl (C=O) groups excluding carboxylic acids is 1. The molecule has 104 valence electrons. The highest BCUT2D eigenvalue weighted by Crippen LogP contribution is 2.28. The van der Waals surface area contributed by atoms with Crippen molar-refractivity contribution in [3.63, 3.8) is 0 Å². The number of pyridine rings is 1. The minimum atomic E-state index is -0.474. The average Bonchev–Trinajstić information content (AvgIpc) is 2.38. The van der Waals surface area contributed by atoms with Crippen molar-refractivity contribution in [3.05, 3.63) is 29.8 Å². The molecule has 1 aromatic heterocycles. The van der Waals surface area contributed by atoms with Gasteiger partial charge in [-0.25, -0.2) is 4.98 Å². The highest BCUT2D eigenvalue weighted by atomic mass is 19.1. The van der Waals surface area contributed by atoms with Crippen molar-refractivity contribution >= 4 is 5.91 Å². The van der Waals surface area contributed by atoms with Crippen LogP contribution in [0.25, 0.3) is 0 Å². The molecule has 0 N–H and O–H groups in total. The number of carbonyl (C=O) groups is 1. The first kappa shape index (κ1) is 13.9. The molecule has 1 fully saturated rings. The summed E-state index contributed by atoms with van der Waals surface area (Å²) < 4.78 is 12.8. The minimum absolute atomic E-state index is 0.177. The average molecular weight is 265 g/mol. The van der Waals surface area contributed by atoms with Gasteiger partial charge in [0, 0.05) is 32.3 Å². The van der Waals surface area contributed by atoms with Crippen LogP contribution in [0.2, 0.25) is 0 Å². The molecule has 5 heteroatoms. The van der Waals surface area contributed by atoms with E-state index in [1.54, 1.807) is 12.3 Å². The number of hydrogen-bond acceptors (Lipinski definition) is 3. The summed E-state index contributed by atoms with van der Waals surface area (Å²) in [6, 6.07) is 3.09. The molecular formula is C14H20FN3O. The van der Waals surface area contributed by atoms with Crippen LogP contribution in [0.4, 0.5) is 4.39 Å². The molecule has 0 saturated carbocycles. The quantitative estimate of drug-likeness (QED) is 0.774. The summed E-state index contributed by atoms with van der Waals surface area (Å²) in [6.45, 7) is 2.43. The van der Waals surface area contributed by atoms with E-state index in [0.717, 1.165) is 31.6 Å². The molecule has 1 aliphatic heterocycles. The van der Waals surface area contributed by atoms with E-state index in [-0.39, 0.29) is 11.8 Å². The zero-order valence-electron chi connectivity index (χ0n) is 11.5. The largest absolute Gasteiger partial charge is 0.341 e. The zero-order chi connectivity index (χ0) is 13.8. The predicted molar refractivity (Wildman–Crippen MR) is 71.3 cm³/mol. The Morgan fingerprint density at radius 1 is 1.47 bits per heavy atom. The van der Waals surface area contributed by atoms with Crippen molar-refractivity contribution in [2.24, 2.45) is 0 Å². The maximum absolute atomic E-state index is 12.8. The van der Waals surface area contributed by atoms with Crippen molar-refractivity contribution in [2.75, 3.05) is 33.7 Å². The Morgan fingerprint density at radius 2 is 2.26 bits per heavy atom. The molecule has 1 aliphatic rings. The Kier molecular flexibility index (Phi) is 4.47. The van der Waals surface area contributed by atoms with Crippen LogP contribution in [-0.4, -0.2) is 54.4 Å². The van der Waals surface area contributed by atoms with Crippen molar-refractivity contribution in [1.29, 1.82) is 0 Å². The van der Waals surface area contributed by atoms with Gasteiger partial charge in [-0.05, 0) is 38.1 Å². The Bertz CT molecular complexity index is 433. The maximum atomic E-state index is 12.8. The van der Waals surface area contributed by atoms with Gasteiger partial charge in [-0.15, -0.1) is 0 Å². The van der Waals surface area contributed by atoms with E-state index >= 15 is 0 Å². The maximum Gasteiger partial charge on any atom is 0.223 e. The van der Waals surface area contributed by atoms with Crippen molar-refractivity contribution < 1.29 is 9.18 Å². The first-order valence-corrected chi connectivity index (χ1v) is 6.60. The van der Waals surface area contributed by atoms with Gasteiger partial charge in [-0.2, -0.15) is 4.39 Å². The summed E-state index contributed by atoms with van der Waals surface area (Å²) in [6.07, 6.45) is 2.97. The summed E-state index contributed by atoms with van der Waals surface area (Å²) in [5.74, 6) is -0.114. The van der Waals surface area contributed by atoms with Gasteiger partial charge < -0.3 is 9.80 Å². The predicted octanol–water partition coefficient (Wildman–Crippen LogP) is 1.49. The van der Waals surface area contributed by atoms with Gasteiger partial charge in [0.1, 0.15) is 0 Å². The number of rotatable bonds is 4. The lowest BCUT2D eigenvalue weighted by molar-refractivity contribution is -0.134. The highest BCUT2D eigenvalue weighted by molar-refractivity contribution is 5.78. The van der Waals surface area contributed by atoms with Crippen LogP contribution in [0.1, 0.15) is 24.3 Å². The lowest BCUT2D eigenvalue weighted by Crippen LogP contribution is -2.41. The van der Waals surface area contributed by atoms with E-state index in [0.29, 0.717) is 6.42 Å². The van der Waals surface area contributed by atoms with Crippen LogP contribution in [0.15, 0.2) is 18.3 Å². The standard InChI is InChI=1S/C14H20FN3O/c1-17(2)7-8-18-6-5-11(9-14(18)19)12-3-4-13(15)16-10-12/h3-4,10-11H,5-9H2,1-2H3. The SMILES string of the molecule is CN(C)CCN1CCC(c2ccc(F)nc2)CC1=O. The molecule has 2 heterocycles. The van der Waals surface area contributed by atoms with Gasteiger partial charge in [0.2, 0.25) is 11.9 Å². The molecule has 4 nitrogen and oxygen atoms in total. The summed E-state index contributed by atoms with van der Waals surface area (Å²) >= 11 is 0. The molecule has 0 spiro atoms. The lowest BCUT2D eigenvalue weighted by atomic mass is 9.90. The van der Waals surface area contributed by atoms with Gasteiger partial charge in [-0.1, -0.05) is 6.07 Å². The molecule has 1 unspecified atom stereocenters. The summed E-state index contributed by atoms with van der Waals surface area (Å²) in [4.78, 5) is 19.7. The third-order valence-corrected chi connectivity index (χ3v) is 3.56. The number of likely N-dealkylation sites (tertiary alicyclic amines) is 1. The van der Waals surface area contributed by atoms with E-state index in [1.165, 1.54) is 6.07 Å². The Hall–Kier alpha value is -1.49. The summed E-state index contributed by atoms with van der Waals surface area (Å²) in [5.41, 5.74) is 0.960. The van der Waals surface area contributed by atoms with Crippen LogP contribution in [-0.2, 0) is 4.79 Å². The molecule has 2 rings (SSSR count). The molecule has 19 heavy (non-hydrogen) atoms. The fraction of sp³-hybridized carbons (Fsp3) is 0.571. The first-order chi connectivity index (χ1) is 9.06. The Balaban J connectivity index is 1.92. The van der Waals surface area contributed by atoms with E-state index in [4.69, 9.17) is 0 Å². The molecule has 1 aromatic rings. The topological polar surface area (TPSA) is 36.4 Å². The second kappa shape index (κ2) is 6.10. The smallest absolute Gasteiger partial charge is 0.223 e. The molecule has 0 aromatic carbocycles. The first-order valence-electron chi connectivity index (χ1n) is 6.60. The number of aromatic nitrogens is 1. The number of amides is 1. The Morgan fingerprint density at radius 3 is 2.84 bits per heavy atom. The highest BCUT2D eigenvalue weighted by Gasteiger charge is 2.26. The fourth-order valence-electron chi connectivity index (χ4n) is 2.35. The van der Waals surface area contributed by atoms with Crippen LogP contribution in [0, 0.1) is 5.95 Å². The summed E-state index contributed by atoms with van der Waals surface area (Å²) in [5, 5.41) is 0. The number of halogens is 1. The van der Waals surface area contributed by atoms with E-state index < -0.39 is 5.95 Å². The lowest BCUT2D eigenvalue weighted by Gasteiger charge is -2.32. The monoisotopic (exact) mass is 265 g/mol. The molecular weight excluding hydrogens is 245 g/mol. The molecule has 0 bridgehead atoms. The van der Waals surface area contributed by atoms with Gasteiger partial charge in [0.05, 0.1) is 0 Å². The Labute approximate surface area is 113 Å². The van der Waals surface area contributed by atoms with Crippen molar-refractivity contribution in [3.8, 4) is 0 Å². The third-order valence-electron chi connectivity index (χ3n) is 3.56. The van der Waals surface area contributed by atoms with E-state index in [2.05, 4.69) is 9.88 Å². The van der Waals surface area contributed by atoms with Gasteiger partial charge in [0.25, 0.3) is 0 Å². The van der Waals surface area contributed by atoms with E-state index in [9.17, 15) is 9.18 Å². The summed E-state index contributed by atoms with van der Waals surface area (Å²) in [7, 11) is 4.00. The van der Waals surface area contributed by atoms with Gasteiger partial charge in [0.15, 0.2) is 0 Å². The van der Waals surface area contributed by atoms with E-state index in [1.807, 2.05) is 19.0 Å². The molecule has 1 atom stereocenters. The molecule has 0 radical (unpaired) electrons. The molecule has 1 amide bonds. The van der Waals surface area contributed by atoms with Crippen LogP contribution >= 0.6 is 0 Å². The van der Waals surface area contributed by atoms with Crippen LogP contribution < -0.4 is 0 Å². The second-order valence-corrected chi connectivity index (χ2v) is 5.29. The number of nitrogens with zero attached hydrogens (tertiary/aromatic N) is 3.